The number of hydrogen-bond acceptors (Lipinski definition) is 5. The fraction of sp³-hybridized carbons (Fsp3) is 0.769. The number of rotatable bonds is 0. The summed E-state index contributed by atoms with van der Waals surface area (Å²) in [6.45, 7) is 9.52. The quantitative estimate of drug-likeness (QED) is 0.679. The Morgan fingerprint density at radius 3 is 2.60 bits per heavy atom. The van der Waals surface area contributed by atoms with Crippen LogP contribution in [0, 0.1) is 0 Å². The van der Waals surface area contributed by atoms with E-state index in [1.165, 1.54) is 11.8 Å². The van der Waals surface area contributed by atoms with E-state index in [-0.39, 0.29) is 18.0 Å². The van der Waals surface area contributed by atoms with Crippen molar-refractivity contribution < 1.29 is 14.3 Å². The summed E-state index contributed by atoms with van der Waals surface area (Å²) in [7, 11) is 0. The van der Waals surface area contributed by atoms with E-state index in [9.17, 15) is 9.59 Å². The number of piperazine rings is 1. The molecule has 2 rings (SSSR count). The van der Waals surface area contributed by atoms with Crippen molar-refractivity contribution >= 4 is 28.9 Å². The summed E-state index contributed by atoms with van der Waals surface area (Å²) in [5, 5.41) is 0.783. The summed E-state index contributed by atoms with van der Waals surface area (Å²) in [6.07, 6.45) is -0.276. The van der Waals surface area contributed by atoms with E-state index in [0.29, 0.717) is 25.4 Å². The first kappa shape index (κ1) is 15.2. The van der Waals surface area contributed by atoms with Crippen LogP contribution in [0.5, 0.6) is 0 Å². The highest BCUT2D eigenvalue weighted by Gasteiger charge is 2.33. The molecule has 2 aliphatic rings. The van der Waals surface area contributed by atoms with E-state index in [1.807, 2.05) is 27.7 Å². The first-order valence-electron chi connectivity index (χ1n) is 6.75. The van der Waals surface area contributed by atoms with Crippen LogP contribution in [-0.2, 0) is 9.53 Å². The van der Waals surface area contributed by atoms with Crippen molar-refractivity contribution in [2.75, 3.05) is 25.4 Å². The van der Waals surface area contributed by atoms with Gasteiger partial charge in [0.1, 0.15) is 5.60 Å². The number of carbonyl (C=O) groups excluding carboxylic acids is 2. The Bertz CT molecular complexity index is 445. The zero-order valence-electron chi connectivity index (χ0n) is 12.4. The molecule has 112 valence electrons. The lowest BCUT2D eigenvalue weighted by atomic mass is 10.2. The minimum atomic E-state index is -0.480. The van der Waals surface area contributed by atoms with Crippen LogP contribution < -0.4 is 0 Å². The summed E-state index contributed by atoms with van der Waals surface area (Å²) in [5.74, 6) is 0.350. The molecule has 2 aliphatic heterocycles. The molecule has 6 nitrogen and oxygen atoms in total. The average Bonchev–Trinajstić information content (AvgIpc) is 2.73. The van der Waals surface area contributed by atoms with Gasteiger partial charge in [0.2, 0.25) is 0 Å². The molecule has 1 atom stereocenters. The van der Waals surface area contributed by atoms with Gasteiger partial charge in [-0.1, -0.05) is 11.8 Å². The van der Waals surface area contributed by atoms with Gasteiger partial charge in [-0.3, -0.25) is 4.79 Å². The van der Waals surface area contributed by atoms with Gasteiger partial charge in [-0.15, -0.1) is 0 Å². The fourth-order valence-corrected chi connectivity index (χ4v) is 3.01. The van der Waals surface area contributed by atoms with Crippen molar-refractivity contribution in [3.8, 4) is 0 Å². The molecule has 0 aromatic carbocycles. The molecule has 0 aliphatic carbocycles. The first-order chi connectivity index (χ1) is 9.26. The highest BCUT2D eigenvalue weighted by atomic mass is 32.2. The summed E-state index contributed by atoms with van der Waals surface area (Å²) < 4.78 is 5.40. The van der Waals surface area contributed by atoms with Crippen LogP contribution in [-0.4, -0.2) is 64.0 Å². The second-order valence-corrected chi connectivity index (χ2v) is 6.99. The van der Waals surface area contributed by atoms with Crippen molar-refractivity contribution in [1.82, 2.24) is 9.80 Å². The molecule has 0 N–H and O–H groups in total. The van der Waals surface area contributed by atoms with E-state index in [2.05, 4.69) is 9.89 Å². The second kappa shape index (κ2) is 5.63. The Morgan fingerprint density at radius 1 is 1.40 bits per heavy atom. The van der Waals surface area contributed by atoms with Crippen molar-refractivity contribution in [2.45, 2.75) is 39.3 Å². The minimum Gasteiger partial charge on any atom is -0.444 e. The predicted octanol–water partition coefficient (Wildman–Crippen LogP) is 1.56. The third-order valence-corrected chi connectivity index (χ3v) is 4.07. The predicted molar refractivity (Wildman–Crippen MR) is 78.9 cm³/mol. The summed E-state index contributed by atoms with van der Waals surface area (Å²) in [6, 6.07) is 0.0394. The van der Waals surface area contributed by atoms with Crippen molar-refractivity contribution in [3.63, 3.8) is 0 Å². The molecular weight excluding hydrogens is 278 g/mol. The standard InChI is InChI=1S/C13H21N3O3S/c1-9-7-15(11-14-10(17)8-20-11)5-6-16(9)12(18)19-13(2,3)4/h9H,5-8H2,1-4H3. The Labute approximate surface area is 123 Å². The number of amides is 2. The SMILES string of the molecule is CC1CN(C2=NC(=O)CS2)CCN1C(=O)OC(C)(C)C. The van der Waals surface area contributed by atoms with E-state index in [4.69, 9.17) is 4.74 Å². The van der Waals surface area contributed by atoms with Gasteiger partial charge in [0, 0.05) is 25.7 Å². The van der Waals surface area contributed by atoms with Crippen molar-refractivity contribution in [1.29, 1.82) is 0 Å². The van der Waals surface area contributed by atoms with Gasteiger partial charge >= 0.3 is 6.09 Å². The topological polar surface area (TPSA) is 62.2 Å². The number of aliphatic imine (C=N–C) groups is 1. The minimum absolute atomic E-state index is 0.0394. The molecule has 0 radical (unpaired) electrons. The summed E-state index contributed by atoms with van der Waals surface area (Å²) in [4.78, 5) is 31.1. The molecule has 1 unspecified atom stereocenters. The molecule has 0 bridgehead atoms. The van der Waals surface area contributed by atoms with Crippen LogP contribution in [0.3, 0.4) is 0 Å². The lowest BCUT2D eigenvalue weighted by Gasteiger charge is -2.40. The van der Waals surface area contributed by atoms with Gasteiger partial charge in [-0.05, 0) is 27.7 Å². The smallest absolute Gasteiger partial charge is 0.410 e. The van der Waals surface area contributed by atoms with Gasteiger partial charge in [0.05, 0.1) is 5.75 Å². The maximum absolute atomic E-state index is 12.1. The monoisotopic (exact) mass is 299 g/mol. The third-order valence-electron chi connectivity index (χ3n) is 3.07. The lowest BCUT2D eigenvalue weighted by Crippen LogP contribution is -2.55. The number of hydrogen-bond donors (Lipinski definition) is 0. The molecule has 0 aromatic rings. The van der Waals surface area contributed by atoms with Gasteiger partial charge in [0.25, 0.3) is 5.91 Å². The zero-order chi connectivity index (χ0) is 14.9. The maximum Gasteiger partial charge on any atom is 0.410 e. The molecule has 2 heterocycles. The Morgan fingerprint density at radius 2 is 2.10 bits per heavy atom. The van der Waals surface area contributed by atoms with Gasteiger partial charge in [-0.25, -0.2) is 4.79 Å². The zero-order valence-corrected chi connectivity index (χ0v) is 13.2. The Hall–Kier alpha value is -1.24. The lowest BCUT2D eigenvalue weighted by molar-refractivity contribution is -0.115. The van der Waals surface area contributed by atoms with Crippen LogP contribution in [0.15, 0.2) is 4.99 Å². The highest BCUT2D eigenvalue weighted by Crippen LogP contribution is 2.21. The summed E-state index contributed by atoms with van der Waals surface area (Å²) >= 11 is 1.47. The van der Waals surface area contributed by atoms with Crippen LogP contribution in [0.2, 0.25) is 0 Å². The Kier molecular flexibility index (Phi) is 4.27. The van der Waals surface area contributed by atoms with Crippen LogP contribution >= 0.6 is 11.8 Å². The molecule has 7 heteroatoms. The van der Waals surface area contributed by atoms with Gasteiger partial charge in [-0.2, -0.15) is 4.99 Å². The summed E-state index contributed by atoms with van der Waals surface area (Å²) in [5.41, 5.74) is -0.480. The van der Waals surface area contributed by atoms with E-state index >= 15 is 0 Å². The van der Waals surface area contributed by atoms with Crippen molar-refractivity contribution in [3.05, 3.63) is 0 Å². The van der Waals surface area contributed by atoms with Crippen molar-refractivity contribution in [2.24, 2.45) is 4.99 Å². The molecule has 1 fully saturated rings. The van der Waals surface area contributed by atoms with Crippen LogP contribution in [0.4, 0.5) is 4.79 Å². The number of carbonyl (C=O) groups is 2. The normalized spacial score (nSPS) is 23.9. The largest absolute Gasteiger partial charge is 0.444 e. The Balaban J connectivity index is 1.94. The number of ether oxygens (including phenoxy) is 1. The maximum atomic E-state index is 12.1. The van der Waals surface area contributed by atoms with E-state index in [0.717, 1.165) is 5.17 Å². The number of amidine groups is 1. The molecule has 1 saturated heterocycles. The molecule has 2 amide bonds. The third kappa shape index (κ3) is 3.65. The number of thioether (sulfide) groups is 1. The molecule has 20 heavy (non-hydrogen) atoms. The fourth-order valence-electron chi connectivity index (χ4n) is 2.18. The van der Waals surface area contributed by atoms with E-state index in [1.54, 1.807) is 4.90 Å². The van der Waals surface area contributed by atoms with Crippen LogP contribution in [0.1, 0.15) is 27.7 Å². The highest BCUT2D eigenvalue weighted by molar-refractivity contribution is 8.14. The molecule has 0 aromatic heterocycles. The second-order valence-electron chi connectivity index (χ2n) is 6.05. The molecule has 0 saturated carbocycles. The van der Waals surface area contributed by atoms with Crippen LogP contribution in [0.25, 0.3) is 0 Å². The van der Waals surface area contributed by atoms with Gasteiger partial charge in [0.15, 0.2) is 5.17 Å². The van der Waals surface area contributed by atoms with E-state index < -0.39 is 5.60 Å². The molecule has 0 spiro atoms. The average molecular weight is 299 g/mol. The first-order valence-corrected chi connectivity index (χ1v) is 7.74. The number of nitrogens with zero attached hydrogens (tertiary/aromatic N) is 3. The van der Waals surface area contributed by atoms with Gasteiger partial charge < -0.3 is 14.5 Å². The molecular formula is C13H21N3O3S.